The van der Waals surface area contributed by atoms with E-state index in [2.05, 4.69) is 0 Å². The summed E-state index contributed by atoms with van der Waals surface area (Å²) in [5, 5.41) is 0. The normalized spacial score (nSPS) is 43.0. The molecular weight excluding hydrogens is 148 g/mol. The molecule has 2 rings (SSSR count). The van der Waals surface area contributed by atoms with Gasteiger partial charge in [0.15, 0.2) is 0 Å². The molecule has 2 nitrogen and oxygen atoms in total. The summed E-state index contributed by atoms with van der Waals surface area (Å²) in [7, 11) is 0. The molecule has 2 heteroatoms. The van der Waals surface area contributed by atoms with Gasteiger partial charge in [-0.15, -0.1) is 0 Å². The Bertz CT molecular complexity index is 161. The predicted octanol–water partition coefficient (Wildman–Crippen LogP) is 1.39. The van der Waals surface area contributed by atoms with Crippen LogP contribution in [0.25, 0.3) is 0 Å². The second-order valence-electron chi connectivity index (χ2n) is 4.87. The lowest BCUT2D eigenvalue weighted by Gasteiger charge is -2.36. The van der Waals surface area contributed by atoms with Gasteiger partial charge >= 0.3 is 0 Å². The third-order valence-electron chi connectivity index (χ3n) is 3.31. The van der Waals surface area contributed by atoms with E-state index in [1.54, 1.807) is 0 Å². The largest absolute Gasteiger partial charge is 0.328 e. The van der Waals surface area contributed by atoms with Gasteiger partial charge in [-0.3, -0.25) is 0 Å². The summed E-state index contributed by atoms with van der Waals surface area (Å²) in [6, 6.07) is 0.377. The summed E-state index contributed by atoms with van der Waals surface area (Å²) in [5.74, 6) is 0.945. The fourth-order valence-electron chi connectivity index (χ4n) is 2.52. The molecule has 0 radical (unpaired) electrons. The van der Waals surface area contributed by atoms with Crippen LogP contribution in [0.3, 0.4) is 0 Å². The molecule has 2 atom stereocenters. The summed E-state index contributed by atoms with van der Waals surface area (Å²) >= 11 is 0. The highest BCUT2D eigenvalue weighted by atomic mass is 14.8. The first-order chi connectivity index (χ1) is 5.68. The Kier molecular flexibility index (Phi) is 2.13. The molecule has 2 unspecified atom stereocenters. The molecule has 0 aliphatic heterocycles. The van der Waals surface area contributed by atoms with Crippen LogP contribution in [-0.4, -0.2) is 11.6 Å². The predicted molar refractivity (Wildman–Crippen MR) is 50.7 cm³/mol. The number of nitrogens with two attached hydrogens (primary N) is 2. The van der Waals surface area contributed by atoms with E-state index in [0.29, 0.717) is 6.04 Å². The average molecular weight is 168 g/mol. The zero-order valence-corrected chi connectivity index (χ0v) is 7.76. The molecule has 0 spiro atoms. The number of rotatable bonds is 2. The van der Waals surface area contributed by atoms with E-state index in [4.69, 9.17) is 11.5 Å². The van der Waals surface area contributed by atoms with Gasteiger partial charge in [-0.05, 0) is 31.6 Å². The maximum absolute atomic E-state index is 6.31. The van der Waals surface area contributed by atoms with E-state index in [1.807, 2.05) is 0 Å². The maximum Gasteiger partial charge on any atom is 0.0171 e. The molecule has 4 N–H and O–H groups in total. The maximum atomic E-state index is 6.31. The molecule has 70 valence electrons. The lowest BCUT2D eigenvalue weighted by atomic mass is 9.77. The van der Waals surface area contributed by atoms with E-state index in [9.17, 15) is 0 Å². The summed E-state index contributed by atoms with van der Waals surface area (Å²) in [4.78, 5) is 0. The SMILES string of the molecule is NC1CCCC(N)(CC2CC2)C1. The van der Waals surface area contributed by atoms with Crippen LogP contribution < -0.4 is 11.5 Å². The Balaban J connectivity index is 1.88. The van der Waals surface area contributed by atoms with E-state index >= 15 is 0 Å². The van der Waals surface area contributed by atoms with Crippen molar-refractivity contribution in [2.45, 2.75) is 56.5 Å². The molecule has 0 heterocycles. The molecule has 2 aliphatic carbocycles. The highest BCUT2D eigenvalue weighted by Crippen LogP contribution is 2.40. The molecule has 12 heavy (non-hydrogen) atoms. The van der Waals surface area contributed by atoms with Crippen molar-refractivity contribution >= 4 is 0 Å². The van der Waals surface area contributed by atoms with Crippen LogP contribution in [-0.2, 0) is 0 Å². The van der Waals surface area contributed by atoms with Crippen LogP contribution in [0.5, 0.6) is 0 Å². The number of hydrogen-bond donors (Lipinski definition) is 2. The van der Waals surface area contributed by atoms with Crippen LogP contribution >= 0.6 is 0 Å². The van der Waals surface area contributed by atoms with Crippen molar-refractivity contribution in [2.75, 3.05) is 0 Å². The summed E-state index contributed by atoms with van der Waals surface area (Å²) < 4.78 is 0. The first-order valence-corrected chi connectivity index (χ1v) is 5.22. The zero-order valence-electron chi connectivity index (χ0n) is 7.76. The third kappa shape index (κ3) is 1.99. The van der Waals surface area contributed by atoms with Gasteiger partial charge in [0.05, 0.1) is 0 Å². The van der Waals surface area contributed by atoms with Crippen molar-refractivity contribution in [3.8, 4) is 0 Å². The van der Waals surface area contributed by atoms with E-state index < -0.39 is 0 Å². The van der Waals surface area contributed by atoms with Gasteiger partial charge in [0.1, 0.15) is 0 Å². The Labute approximate surface area is 74.7 Å². The molecule has 2 aliphatic rings. The molecule has 0 aromatic carbocycles. The Morgan fingerprint density at radius 2 is 2.00 bits per heavy atom. The number of hydrogen-bond acceptors (Lipinski definition) is 2. The van der Waals surface area contributed by atoms with Crippen molar-refractivity contribution < 1.29 is 0 Å². The standard InChI is InChI=1S/C10H20N2/c11-9-2-1-5-10(12,7-9)6-8-3-4-8/h8-9H,1-7,11-12H2. The molecule has 0 amide bonds. The highest BCUT2D eigenvalue weighted by Gasteiger charge is 2.36. The van der Waals surface area contributed by atoms with Gasteiger partial charge in [0.25, 0.3) is 0 Å². The third-order valence-corrected chi connectivity index (χ3v) is 3.31. The Morgan fingerprint density at radius 3 is 2.58 bits per heavy atom. The second kappa shape index (κ2) is 3.00. The van der Waals surface area contributed by atoms with Crippen LogP contribution in [0.4, 0.5) is 0 Å². The van der Waals surface area contributed by atoms with Crippen LogP contribution in [0.1, 0.15) is 44.9 Å². The molecule has 2 saturated carbocycles. The monoisotopic (exact) mass is 168 g/mol. The topological polar surface area (TPSA) is 52.0 Å². The van der Waals surface area contributed by atoms with Crippen molar-refractivity contribution in [1.29, 1.82) is 0 Å². The van der Waals surface area contributed by atoms with E-state index in [1.165, 1.54) is 38.5 Å². The Morgan fingerprint density at radius 1 is 1.25 bits per heavy atom. The van der Waals surface area contributed by atoms with Crippen molar-refractivity contribution in [3.63, 3.8) is 0 Å². The minimum atomic E-state index is 0.110. The molecule has 0 saturated heterocycles. The van der Waals surface area contributed by atoms with E-state index in [0.717, 1.165) is 12.3 Å². The minimum Gasteiger partial charge on any atom is -0.328 e. The summed E-state index contributed by atoms with van der Waals surface area (Å²) in [5.41, 5.74) is 12.3. The van der Waals surface area contributed by atoms with Gasteiger partial charge in [-0.2, -0.15) is 0 Å². The van der Waals surface area contributed by atoms with Gasteiger partial charge < -0.3 is 11.5 Å². The van der Waals surface area contributed by atoms with Gasteiger partial charge in [-0.1, -0.05) is 19.3 Å². The summed E-state index contributed by atoms with van der Waals surface area (Å²) in [6.45, 7) is 0. The minimum absolute atomic E-state index is 0.110. The lowest BCUT2D eigenvalue weighted by molar-refractivity contribution is 0.243. The first-order valence-electron chi connectivity index (χ1n) is 5.22. The highest BCUT2D eigenvalue weighted by molar-refractivity contribution is 4.96. The van der Waals surface area contributed by atoms with Gasteiger partial charge in [-0.25, -0.2) is 0 Å². The van der Waals surface area contributed by atoms with Crippen LogP contribution in [0, 0.1) is 5.92 Å². The van der Waals surface area contributed by atoms with Crippen molar-refractivity contribution in [2.24, 2.45) is 17.4 Å². The molecule has 0 aromatic heterocycles. The molecule has 2 fully saturated rings. The molecule has 0 bridgehead atoms. The lowest BCUT2D eigenvalue weighted by Crippen LogP contribution is -2.48. The molecule has 0 aromatic rings. The fourth-order valence-corrected chi connectivity index (χ4v) is 2.52. The summed E-state index contributed by atoms with van der Waals surface area (Å²) in [6.07, 6.45) is 8.75. The fraction of sp³-hybridized carbons (Fsp3) is 1.00. The average Bonchev–Trinajstić information content (AvgIpc) is 2.69. The van der Waals surface area contributed by atoms with Crippen molar-refractivity contribution in [1.82, 2.24) is 0 Å². The quantitative estimate of drug-likeness (QED) is 0.654. The van der Waals surface area contributed by atoms with Crippen LogP contribution in [0.15, 0.2) is 0 Å². The molecular formula is C10H20N2. The van der Waals surface area contributed by atoms with Crippen LogP contribution in [0.2, 0.25) is 0 Å². The zero-order chi connectivity index (χ0) is 8.60. The first kappa shape index (κ1) is 8.52. The second-order valence-corrected chi connectivity index (χ2v) is 4.87. The van der Waals surface area contributed by atoms with E-state index in [-0.39, 0.29) is 5.54 Å². The smallest absolute Gasteiger partial charge is 0.0171 e. The van der Waals surface area contributed by atoms with Gasteiger partial charge in [0, 0.05) is 11.6 Å². The van der Waals surface area contributed by atoms with Gasteiger partial charge in [0.2, 0.25) is 0 Å². The van der Waals surface area contributed by atoms with Crippen molar-refractivity contribution in [3.05, 3.63) is 0 Å². The Hall–Kier alpha value is -0.0800.